The summed E-state index contributed by atoms with van der Waals surface area (Å²) in [6, 6.07) is 0. The van der Waals surface area contributed by atoms with Crippen molar-refractivity contribution in [3.8, 4) is 0 Å². The van der Waals surface area contributed by atoms with Gasteiger partial charge < -0.3 is 0 Å². The molecule has 0 saturated heterocycles. The van der Waals surface area contributed by atoms with Gasteiger partial charge in [-0.2, -0.15) is 0 Å². The van der Waals surface area contributed by atoms with Gasteiger partial charge in [-0.15, -0.1) is 22.4 Å². The average Bonchev–Trinajstić information content (AvgIpc) is 2.44. The first-order valence-electron chi connectivity index (χ1n) is 7.85. The van der Waals surface area contributed by atoms with E-state index in [-0.39, 0.29) is 0 Å². The van der Waals surface area contributed by atoms with Gasteiger partial charge in [0.25, 0.3) is 0 Å². The molecule has 1 aliphatic carbocycles. The number of allylic oxidation sites excluding steroid dienone is 10. The van der Waals surface area contributed by atoms with Crippen molar-refractivity contribution in [3.05, 3.63) is 58.6 Å². The number of halogens is 1. The Bertz CT molecular complexity index is 502. The molecule has 0 aromatic rings. The Balaban J connectivity index is 2.89. The van der Waals surface area contributed by atoms with Crippen LogP contribution in [0.2, 0.25) is 0 Å². The largest absolute Gasteiger partial charge is 0.228 e. The monoisotopic (exact) mass is 394 g/mol. The molecular formula is C19H28BI. The van der Waals surface area contributed by atoms with Crippen molar-refractivity contribution in [3.63, 3.8) is 0 Å². The van der Waals surface area contributed by atoms with E-state index in [2.05, 4.69) is 93.4 Å². The minimum absolute atomic E-state index is 0.326. The van der Waals surface area contributed by atoms with Gasteiger partial charge in [0.15, 0.2) is 0 Å². The Morgan fingerprint density at radius 1 is 1.19 bits per heavy atom. The molecule has 0 saturated carbocycles. The zero-order valence-electron chi connectivity index (χ0n) is 14.2. The van der Waals surface area contributed by atoms with Crippen LogP contribution in [-0.4, -0.2) is 5.14 Å². The molecule has 0 spiro atoms. The number of hydrogen-bond donors (Lipinski definition) is 0. The van der Waals surface area contributed by atoms with Crippen LogP contribution in [0.3, 0.4) is 0 Å². The first-order valence-corrected chi connectivity index (χ1v) is 9.37. The van der Waals surface area contributed by atoms with Crippen LogP contribution in [0.5, 0.6) is 0 Å². The highest BCUT2D eigenvalue weighted by Gasteiger charge is 2.27. The second kappa shape index (κ2) is 8.82. The molecule has 0 amide bonds. The third-order valence-corrected chi connectivity index (χ3v) is 5.16. The van der Waals surface area contributed by atoms with Crippen LogP contribution in [0.15, 0.2) is 58.6 Å². The summed E-state index contributed by atoms with van der Waals surface area (Å²) in [5, 5.41) is 1.16. The van der Waals surface area contributed by atoms with Gasteiger partial charge in [0.1, 0.15) is 0 Å². The maximum Gasteiger partial charge on any atom is 0.228 e. The predicted molar refractivity (Wildman–Crippen MR) is 107 cm³/mol. The second-order valence-electron chi connectivity index (χ2n) is 6.52. The molecule has 0 bridgehead atoms. The lowest BCUT2D eigenvalue weighted by atomic mass is 9.67. The second-order valence-corrected chi connectivity index (χ2v) is 7.29. The van der Waals surface area contributed by atoms with Crippen molar-refractivity contribution in [2.24, 2.45) is 5.41 Å². The van der Waals surface area contributed by atoms with Crippen molar-refractivity contribution in [1.29, 1.82) is 0 Å². The lowest BCUT2D eigenvalue weighted by Gasteiger charge is -2.33. The lowest BCUT2D eigenvalue weighted by Crippen LogP contribution is -2.21. The molecular weight excluding hydrogens is 366 g/mol. The van der Waals surface area contributed by atoms with E-state index in [9.17, 15) is 0 Å². The molecule has 0 aliphatic heterocycles. The molecule has 0 aromatic heterocycles. The maximum absolute atomic E-state index is 2.51. The van der Waals surface area contributed by atoms with E-state index in [1.165, 1.54) is 30.4 Å². The van der Waals surface area contributed by atoms with Crippen LogP contribution in [0, 0.1) is 5.41 Å². The van der Waals surface area contributed by atoms with E-state index in [1.54, 1.807) is 11.0 Å². The summed E-state index contributed by atoms with van der Waals surface area (Å²) in [6.45, 7) is 11.1. The van der Waals surface area contributed by atoms with E-state index in [0.29, 0.717) is 5.41 Å². The third kappa shape index (κ3) is 6.02. The Morgan fingerprint density at radius 3 is 2.52 bits per heavy atom. The first-order chi connectivity index (χ1) is 9.90. The minimum Gasteiger partial charge on any atom is -0.149 e. The molecule has 0 fully saturated rings. The Kier molecular flexibility index (Phi) is 7.79. The standard InChI is InChI=1S/C19H28BI/c1-6-15(2)9-7-10-16(3)12-13-17-18(20-21)11-8-14-19(17,4)5/h6-7,9-10,12-13,20H,8,11,14H2,1-5H3/b9-7+,13-12+,15-6+,16-10+. The fourth-order valence-electron chi connectivity index (χ4n) is 2.69. The van der Waals surface area contributed by atoms with Crippen LogP contribution >= 0.6 is 22.4 Å². The SMILES string of the molecule is C/C=C(C)/C=C/C=C(C)/C=C/C1=C(BI)CCCC1(C)C. The fraction of sp³-hybridized carbons (Fsp3) is 0.474. The summed E-state index contributed by atoms with van der Waals surface area (Å²) in [6.07, 6.45) is 17.1. The van der Waals surface area contributed by atoms with Gasteiger partial charge in [0, 0.05) is 0 Å². The Morgan fingerprint density at radius 2 is 1.90 bits per heavy atom. The molecule has 0 nitrogen and oxygen atoms in total. The summed E-state index contributed by atoms with van der Waals surface area (Å²) in [5.74, 6) is 0. The zero-order valence-corrected chi connectivity index (χ0v) is 16.3. The average molecular weight is 394 g/mol. The van der Waals surface area contributed by atoms with Crippen LogP contribution in [-0.2, 0) is 0 Å². The van der Waals surface area contributed by atoms with Crippen LogP contribution in [0.25, 0.3) is 0 Å². The molecule has 114 valence electrons. The summed E-state index contributed by atoms with van der Waals surface area (Å²) in [4.78, 5) is 0. The van der Waals surface area contributed by atoms with E-state index < -0.39 is 0 Å². The topological polar surface area (TPSA) is 0 Å². The molecule has 21 heavy (non-hydrogen) atoms. The summed E-state index contributed by atoms with van der Waals surface area (Å²) >= 11 is 2.51. The van der Waals surface area contributed by atoms with Crippen molar-refractivity contribution in [1.82, 2.24) is 0 Å². The number of rotatable bonds is 5. The lowest BCUT2D eigenvalue weighted by molar-refractivity contribution is 0.382. The van der Waals surface area contributed by atoms with Gasteiger partial charge in [-0.25, -0.2) is 0 Å². The van der Waals surface area contributed by atoms with Crippen molar-refractivity contribution in [2.75, 3.05) is 0 Å². The summed E-state index contributed by atoms with van der Waals surface area (Å²) in [7, 11) is 0. The molecule has 0 radical (unpaired) electrons. The molecule has 2 heteroatoms. The highest BCUT2D eigenvalue weighted by Crippen LogP contribution is 2.41. The molecule has 0 heterocycles. The smallest absolute Gasteiger partial charge is 0.149 e. The fourth-order valence-corrected chi connectivity index (χ4v) is 3.48. The van der Waals surface area contributed by atoms with Crippen molar-refractivity contribution < 1.29 is 0 Å². The van der Waals surface area contributed by atoms with Crippen molar-refractivity contribution in [2.45, 2.75) is 53.9 Å². The van der Waals surface area contributed by atoms with Gasteiger partial charge in [-0.3, -0.25) is 0 Å². The van der Waals surface area contributed by atoms with Crippen LogP contribution in [0.4, 0.5) is 0 Å². The van der Waals surface area contributed by atoms with Gasteiger partial charge in [0.2, 0.25) is 5.14 Å². The quantitative estimate of drug-likeness (QED) is 0.293. The zero-order chi connectivity index (χ0) is 15.9. The Hall–Kier alpha value is -0.505. The molecule has 1 rings (SSSR count). The van der Waals surface area contributed by atoms with Crippen LogP contribution < -0.4 is 0 Å². The molecule has 0 aromatic carbocycles. The number of hydrogen-bond acceptors (Lipinski definition) is 0. The van der Waals surface area contributed by atoms with Gasteiger partial charge in [-0.1, -0.05) is 72.5 Å². The predicted octanol–water partition coefficient (Wildman–Crippen LogP) is 6.26. The third-order valence-electron chi connectivity index (χ3n) is 4.24. The normalized spacial score (nSPS) is 20.7. The van der Waals surface area contributed by atoms with E-state index in [1.807, 2.05) is 0 Å². The molecule has 0 atom stereocenters. The molecule has 0 unspecified atom stereocenters. The van der Waals surface area contributed by atoms with Gasteiger partial charge in [-0.05, 0) is 45.4 Å². The summed E-state index contributed by atoms with van der Waals surface area (Å²) in [5.41, 5.74) is 6.12. The van der Waals surface area contributed by atoms with E-state index >= 15 is 0 Å². The van der Waals surface area contributed by atoms with E-state index in [4.69, 9.17) is 0 Å². The van der Waals surface area contributed by atoms with Crippen molar-refractivity contribution >= 4 is 27.5 Å². The minimum atomic E-state index is 0.326. The van der Waals surface area contributed by atoms with Crippen LogP contribution in [0.1, 0.15) is 53.9 Å². The first kappa shape index (κ1) is 18.5. The maximum atomic E-state index is 2.51. The highest BCUT2D eigenvalue weighted by atomic mass is 127. The highest BCUT2D eigenvalue weighted by molar-refractivity contribution is 14.1. The molecule has 0 N–H and O–H groups in total. The summed E-state index contributed by atoms with van der Waals surface area (Å²) < 4.78 is 0. The van der Waals surface area contributed by atoms with E-state index in [0.717, 1.165) is 5.14 Å². The van der Waals surface area contributed by atoms with Gasteiger partial charge >= 0.3 is 0 Å². The molecule has 1 aliphatic rings. The van der Waals surface area contributed by atoms with Gasteiger partial charge in [0.05, 0.1) is 0 Å². The Labute approximate surface area is 145 Å².